The van der Waals surface area contributed by atoms with Crippen LogP contribution in [0.3, 0.4) is 0 Å². The molecule has 0 atom stereocenters. The lowest BCUT2D eigenvalue weighted by atomic mass is 10.1. The van der Waals surface area contributed by atoms with E-state index in [2.05, 4.69) is 20.4 Å². The van der Waals surface area contributed by atoms with E-state index in [4.69, 9.17) is 0 Å². The van der Waals surface area contributed by atoms with Gasteiger partial charge in [0.15, 0.2) is 5.82 Å². The lowest BCUT2D eigenvalue weighted by Gasteiger charge is -2.13. The largest absolute Gasteiger partial charge is 0.454 e. The van der Waals surface area contributed by atoms with E-state index in [0.717, 1.165) is 12.1 Å². The molecular weight excluding hydrogens is 375 g/mol. The second kappa shape index (κ2) is 6.55. The van der Waals surface area contributed by atoms with E-state index in [1.165, 1.54) is 18.3 Å². The third-order valence-electron chi connectivity index (χ3n) is 4.20. The van der Waals surface area contributed by atoms with Gasteiger partial charge in [-0.3, -0.25) is 14.3 Å². The van der Waals surface area contributed by atoms with Gasteiger partial charge < -0.3 is 5.32 Å². The molecule has 0 saturated carbocycles. The van der Waals surface area contributed by atoms with Crippen molar-refractivity contribution in [2.45, 2.75) is 12.7 Å². The number of rotatable bonds is 3. The molecule has 4 rings (SSSR count). The Morgan fingerprint density at radius 2 is 1.86 bits per heavy atom. The van der Waals surface area contributed by atoms with Crippen LogP contribution in [0.15, 0.2) is 42.6 Å². The van der Waals surface area contributed by atoms with E-state index in [0.29, 0.717) is 35.7 Å². The van der Waals surface area contributed by atoms with Crippen molar-refractivity contribution >= 4 is 11.7 Å². The van der Waals surface area contributed by atoms with Gasteiger partial charge in [0.25, 0.3) is 11.7 Å². The predicted molar refractivity (Wildman–Crippen MR) is 91.4 cm³/mol. The molecule has 1 amide bonds. The maximum atomic E-state index is 12.5. The zero-order valence-electron chi connectivity index (χ0n) is 14.2. The quantitative estimate of drug-likeness (QED) is 0.698. The second-order valence-electron chi connectivity index (χ2n) is 6.06. The standard InChI is InChI=1S/C18H12F3N5O2/c19-18(20,21)15(27)10-1-3-11(4-2-10)16-22-6-5-12(24-16)13-9-14-17(28)23-7-8-26(14)25-13/h1-6,9H,7-8H2,(H,23,28). The summed E-state index contributed by atoms with van der Waals surface area (Å²) in [4.78, 5) is 31.6. The number of nitrogens with one attached hydrogen (secondary N) is 1. The number of carbonyl (C=O) groups is 2. The van der Waals surface area contributed by atoms with Crippen LogP contribution in [0.5, 0.6) is 0 Å². The van der Waals surface area contributed by atoms with Gasteiger partial charge in [-0.05, 0) is 12.1 Å². The van der Waals surface area contributed by atoms with Crippen LogP contribution >= 0.6 is 0 Å². The normalized spacial score (nSPS) is 13.8. The molecule has 0 saturated heterocycles. The van der Waals surface area contributed by atoms with E-state index in [1.54, 1.807) is 16.8 Å². The average molecular weight is 387 g/mol. The van der Waals surface area contributed by atoms with Gasteiger partial charge in [-0.2, -0.15) is 18.3 Å². The number of amides is 1. The Morgan fingerprint density at radius 1 is 1.11 bits per heavy atom. The minimum atomic E-state index is -4.93. The van der Waals surface area contributed by atoms with Crippen molar-refractivity contribution in [2.75, 3.05) is 6.54 Å². The van der Waals surface area contributed by atoms with Crippen LogP contribution in [0, 0.1) is 0 Å². The topological polar surface area (TPSA) is 89.8 Å². The van der Waals surface area contributed by atoms with Gasteiger partial charge >= 0.3 is 6.18 Å². The summed E-state index contributed by atoms with van der Waals surface area (Å²) in [7, 11) is 0. The summed E-state index contributed by atoms with van der Waals surface area (Å²) in [5.41, 5.74) is 1.37. The SMILES string of the molecule is O=C1NCCn2nc(-c3ccnc(-c4ccc(C(=O)C(F)(F)F)cc4)n3)cc21. The molecule has 7 nitrogen and oxygen atoms in total. The average Bonchev–Trinajstić information content (AvgIpc) is 3.13. The number of carbonyl (C=O) groups excluding carboxylic acids is 2. The van der Waals surface area contributed by atoms with E-state index in [9.17, 15) is 22.8 Å². The number of hydrogen-bond acceptors (Lipinski definition) is 5. The number of fused-ring (bicyclic) bond motifs is 1. The molecule has 1 aromatic carbocycles. The molecule has 0 fully saturated rings. The first-order valence-corrected chi connectivity index (χ1v) is 8.24. The van der Waals surface area contributed by atoms with Gasteiger partial charge in [-0.15, -0.1) is 0 Å². The van der Waals surface area contributed by atoms with Gasteiger partial charge in [0.1, 0.15) is 11.4 Å². The summed E-state index contributed by atoms with van der Waals surface area (Å²) in [6, 6.07) is 8.11. The Bertz CT molecular complexity index is 1070. The van der Waals surface area contributed by atoms with E-state index >= 15 is 0 Å². The molecule has 142 valence electrons. The molecule has 1 aliphatic rings. The van der Waals surface area contributed by atoms with Crippen LogP contribution < -0.4 is 5.32 Å². The fraction of sp³-hybridized carbons (Fsp3) is 0.167. The summed E-state index contributed by atoms with van der Waals surface area (Å²) >= 11 is 0. The molecule has 10 heteroatoms. The summed E-state index contributed by atoms with van der Waals surface area (Å²) in [6.07, 6.45) is -3.44. The van der Waals surface area contributed by atoms with Crippen LogP contribution in [0.4, 0.5) is 13.2 Å². The maximum Gasteiger partial charge on any atom is 0.454 e. The Labute approximate surface area is 156 Å². The fourth-order valence-corrected chi connectivity index (χ4v) is 2.84. The number of Topliss-reactive ketones (excluding diaryl/α,β-unsaturated/α-hetero) is 1. The number of nitrogens with zero attached hydrogens (tertiary/aromatic N) is 4. The highest BCUT2D eigenvalue weighted by Crippen LogP contribution is 2.25. The number of benzene rings is 1. The molecule has 1 aliphatic heterocycles. The highest BCUT2D eigenvalue weighted by molar-refractivity contribution is 6.00. The van der Waals surface area contributed by atoms with Crippen molar-refractivity contribution in [3.63, 3.8) is 0 Å². The molecule has 0 aliphatic carbocycles. The zero-order valence-corrected chi connectivity index (χ0v) is 14.2. The van der Waals surface area contributed by atoms with Gasteiger partial charge in [0, 0.05) is 23.9 Å². The summed E-state index contributed by atoms with van der Waals surface area (Å²) < 4.78 is 39.1. The number of alkyl halides is 3. The number of aromatic nitrogens is 4. The molecule has 1 N–H and O–H groups in total. The van der Waals surface area contributed by atoms with Crippen LogP contribution in [0.1, 0.15) is 20.8 Å². The first-order valence-electron chi connectivity index (χ1n) is 8.24. The van der Waals surface area contributed by atoms with E-state index in [1.807, 2.05) is 0 Å². The Kier molecular flexibility index (Phi) is 4.17. The fourth-order valence-electron chi connectivity index (χ4n) is 2.84. The first-order chi connectivity index (χ1) is 13.3. The molecule has 3 heterocycles. The number of ketones is 1. The smallest absolute Gasteiger partial charge is 0.349 e. The van der Waals surface area contributed by atoms with Gasteiger partial charge in [-0.1, -0.05) is 24.3 Å². The Balaban J connectivity index is 1.64. The van der Waals surface area contributed by atoms with Crippen LogP contribution in [-0.2, 0) is 6.54 Å². The highest BCUT2D eigenvalue weighted by Gasteiger charge is 2.39. The second-order valence-corrected chi connectivity index (χ2v) is 6.06. The van der Waals surface area contributed by atoms with Crippen molar-refractivity contribution in [3.8, 4) is 22.8 Å². The molecule has 0 bridgehead atoms. The van der Waals surface area contributed by atoms with Crippen molar-refractivity contribution in [1.29, 1.82) is 0 Å². The minimum absolute atomic E-state index is 0.218. The van der Waals surface area contributed by atoms with Crippen molar-refractivity contribution in [2.24, 2.45) is 0 Å². The first kappa shape index (κ1) is 17.8. The maximum absolute atomic E-state index is 12.5. The van der Waals surface area contributed by atoms with Crippen molar-refractivity contribution in [1.82, 2.24) is 25.1 Å². The van der Waals surface area contributed by atoms with Crippen LogP contribution in [-0.4, -0.2) is 44.2 Å². The van der Waals surface area contributed by atoms with Crippen LogP contribution in [0.2, 0.25) is 0 Å². The Morgan fingerprint density at radius 3 is 2.54 bits per heavy atom. The van der Waals surface area contributed by atoms with Gasteiger partial charge in [0.2, 0.25) is 0 Å². The third kappa shape index (κ3) is 3.24. The van der Waals surface area contributed by atoms with Gasteiger partial charge in [-0.25, -0.2) is 9.97 Å². The molecule has 0 radical (unpaired) electrons. The predicted octanol–water partition coefficient (Wildman–Crippen LogP) is 2.50. The number of halogens is 3. The van der Waals surface area contributed by atoms with Crippen molar-refractivity contribution in [3.05, 3.63) is 53.9 Å². The van der Waals surface area contributed by atoms with Crippen LogP contribution in [0.25, 0.3) is 22.8 Å². The third-order valence-corrected chi connectivity index (χ3v) is 4.20. The lowest BCUT2D eigenvalue weighted by Crippen LogP contribution is -2.35. The summed E-state index contributed by atoms with van der Waals surface area (Å²) in [6.45, 7) is 1.04. The molecular formula is C18H12F3N5O2. The monoisotopic (exact) mass is 387 g/mol. The molecule has 0 spiro atoms. The number of hydrogen-bond donors (Lipinski definition) is 1. The minimum Gasteiger partial charge on any atom is -0.349 e. The highest BCUT2D eigenvalue weighted by atomic mass is 19.4. The van der Waals surface area contributed by atoms with Crippen molar-refractivity contribution < 1.29 is 22.8 Å². The van der Waals surface area contributed by atoms with E-state index < -0.39 is 17.5 Å². The molecule has 28 heavy (non-hydrogen) atoms. The lowest BCUT2D eigenvalue weighted by molar-refractivity contribution is -0.0885. The Hall–Kier alpha value is -3.56. The molecule has 3 aromatic rings. The molecule has 2 aromatic heterocycles. The van der Waals surface area contributed by atoms with Gasteiger partial charge in [0.05, 0.1) is 12.2 Å². The van der Waals surface area contributed by atoms with E-state index in [-0.39, 0.29) is 11.7 Å². The summed E-state index contributed by atoms with van der Waals surface area (Å²) in [5.74, 6) is -1.86. The summed E-state index contributed by atoms with van der Waals surface area (Å²) in [5, 5.41) is 7.09. The molecule has 0 unspecified atom stereocenters. The zero-order chi connectivity index (χ0) is 19.9.